The molecule has 0 saturated heterocycles. The molecule has 0 spiro atoms. The number of hydrogen-bond donors (Lipinski definition) is 1. The summed E-state index contributed by atoms with van der Waals surface area (Å²) in [6, 6.07) is 10.4. The average molecular weight is 219 g/mol. The SMILES string of the molecule is C=CC[C@H](O)[C@H](Cc1ccccc1)N(C)C. The fourth-order valence-electron chi connectivity index (χ4n) is 1.85. The van der Waals surface area contributed by atoms with E-state index < -0.39 is 0 Å². The van der Waals surface area contributed by atoms with Crippen LogP contribution in [0.1, 0.15) is 12.0 Å². The fraction of sp³-hybridized carbons (Fsp3) is 0.429. The van der Waals surface area contributed by atoms with Crippen LogP contribution < -0.4 is 0 Å². The number of hydrogen-bond acceptors (Lipinski definition) is 2. The van der Waals surface area contributed by atoms with Gasteiger partial charge in [-0.1, -0.05) is 36.4 Å². The highest BCUT2D eigenvalue weighted by atomic mass is 16.3. The standard InChI is InChI=1S/C14H21NO/c1-4-8-14(16)13(15(2)3)11-12-9-6-5-7-10-12/h4-7,9-10,13-14,16H,1,8,11H2,2-3H3/t13-,14-/m0/s1. The molecule has 1 aromatic carbocycles. The highest BCUT2D eigenvalue weighted by Gasteiger charge is 2.20. The Kier molecular flexibility index (Phi) is 5.23. The summed E-state index contributed by atoms with van der Waals surface area (Å²) in [4.78, 5) is 2.07. The van der Waals surface area contributed by atoms with Gasteiger partial charge in [-0.3, -0.25) is 0 Å². The molecule has 0 radical (unpaired) electrons. The lowest BCUT2D eigenvalue weighted by molar-refractivity contribution is 0.0783. The van der Waals surface area contributed by atoms with Crippen molar-refractivity contribution in [2.45, 2.75) is 25.0 Å². The van der Waals surface area contributed by atoms with Crippen LogP contribution in [0.3, 0.4) is 0 Å². The van der Waals surface area contributed by atoms with E-state index in [1.165, 1.54) is 5.56 Å². The number of nitrogens with zero attached hydrogens (tertiary/aromatic N) is 1. The van der Waals surface area contributed by atoms with Crippen molar-refractivity contribution in [2.75, 3.05) is 14.1 Å². The van der Waals surface area contributed by atoms with Crippen molar-refractivity contribution in [1.82, 2.24) is 4.90 Å². The van der Waals surface area contributed by atoms with Crippen LogP contribution in [0.4, 0.5) is 0 Å². The number of rotatable bonds is 6. The molecule has 0 unspecified atom stereocenters. The van der Waals surface area contributed by atoms with Gasteiger partial charge in [0.25, 0.3) is 0 Å². The van der Waals surface area contributed by atoms with Crippen molar-refractivity contribution in [1.29, 1.82) is 0 Å². The highest BCUT2D eigenvalue weighted by molar-refractivity contribution is 5.16. The Hall–Kier alpha value is -1.12. The summed E-state index contributed by atoms with van der Waals surface area (Å²) in [6.45, 7) is 3.67. The first-order valence-corrected chi connectivity index (χ1v) is 5.64. The van der Waals surface area contributed by atoms with Crippen molar-refractivity contribution in [2.24, 2.45) is 0 Å². The van der Waals surface area contributed by atoms with Crippen molar-refractivity contribution >= 4 is 0 Å². The number of aliphatic hydroxyl groups is 1. The maximum absolute atomic E-state index is 10.0. The summed E-state index contributed by atoms with van der Waals surface area (Å²) in [5, 5.41) is 10.0. The minimum absolute atomic E-state index is 0.139. The highest BCUT2D eigenvalue weighted by Crippen LogP contribution is 2.12. The summed E-state index contributed by atoms with van der Waals surface area (Å²) in [6.07, 6.45) is 2.91. The van der Waals surface area contributed by atoms with Gasteiger partial charge in [0.2, 0.25) is 0 Å². The van der Waals surface area contributed by atoms with Crippen LogP contribution >= 0.6 is 0 Å². The van der Waals surface area contributed by atoms with E-state index in [2.05, 4.69) is 23.6 Å². The van der Waals surface area contributed by atoms with Gasteiger partial charge in [-0.05, 0) is 32.5 Å². The molecule has 0 bridgehead atoms. The predicted molar refractivity (Wildman–Crippen MR) is 68.4 cm³/mol. The second-order valence-electron chi connectivity index (χ2n) is 4.31. The zero-order valence-electron chi connectivity index (χ0n) is 10.1. The zero-order chi connectivity index (χ0) is 12.0. The molecule has 0 aromatic heterocycles. The van der Waals surface area contributed by atoms with Crippen LogP contribution in [0.5, 0.6) is 0 Å². The molecule has 2 atom stereocenters. The number of aliphatic hydroxyl groups excluding tert-OH is 1. The molecule has 0 saturated carbocycles. The number of likely N-dealkylation sites (N-methyl/N-ethyl adjacent to an activating group) is 1. The average Bonchev–Trinajstić information content (AvgIpc) is 2.27. The third kappa shape index (κ3) is 3.80. The van der Waals surface area contributed by atoms with E-state index in [9.17, 15) is 5.11 Å². The normalized spacial score (nSPS) is 14.8. The van der Waals surface area contributed by atoms with E-state index in [1.807, 2.05) is 32.3 Å². The van der Waals surface area contributed by atoms with Crippen LogP contribution in [0.2, 0.25) is 0 Å². The van der Waals surface area contributed by atoms with Gasteiger partial charge in [0.05, 0.1) is 6.10 Å². The molecule has 0 amide bonds. The predicted octanol–water partition coefficient (Wildman–Crippen LogP) is 2.10. The van der Waals surface area contributed by atoms with E-state index in [4.69, 9.17) is 0 Å². The first-order chi connectivity index (χ1) is 7.65. The van der Waals surface area contributed by atoms with E-state index in [0.717, 1.165) is 6.42 Å². The summed E-state index contributed by atoms with van der Waals surface area (Å²) in [7, 11) is 4.00. The number of benzene rings is 1. The molecule has 0 aliphatic carbocycles. The molecular formula is C14H21NO. The summed E-state index contributed by atoms with van der Waals surface area (Å²) in [5.41, 5.74) is 1.25. The molecule has 0 aliphatic heterocycles. The fourth-order valence-corrected chi connectivity index (χ4v) is 1.85. The minimum atomic E-state index is -0.354. The van der Waals surface area contributed by atoms with Gasteiger partial charge in [0, 0.05) is 6.04 Å². The van der Waals surface area contributed by atoms with Gasteiger partial charge in [0.15, 0.2) is 0 Å². The maximum atomic E-state index is 10.0. The smallest absolute Gasteiger partial charge is 0.0732 e. The molecule has 0 heterocycles. The second kappa shape index (κ2) is 6.46. The lowest BCUT2D eigenvalue weighted by Crippen LogP contribution is -2.40. The van der Waals surface area contributed by atoms with Gasteiger partial charge in [-0.15, -0.1) is 6.58 Å². The van der Waals surface area contributed by atoms with Gasteiger partial charge in [-0.25, -0.2) is 0 Å². The summed E-state index contributed by atoms with van der Waals surface area (Å²) in [5.74, 6) is 0. The third-order valence-corrected chi connectivity index (χ3v) is 2.80. The molecule has 2 nitrogen and oxygen atoms in total. The van der Waals surface area contributed by atoms with E-state index in [1.54, 1.807) is 6.08 Å². The summed E-state index contributed by atoms with van der Waals surface area (Å²) < 4.78 is 0. The third-order valence-electron chi connectivity index (χ3n) is 2.80. The molecule has 16 heavy (non-hydrogen) atoms. The van der Waals surface area contributed by atoms with Gasteiger partial charge < -0.3 is 10.0 Å². The van der Waals surface area contributed by atoms with E-state index >= 15 is 0 Å². The molecule has 2 heteroatoms. The largest absolute Gasteiger partial charge is 0.391 e. The Morgan fingerprint density at radius 3 is 2.44 bits per heavy atom. The van der Waals surface area contributed by atoms with Crippen molar-refractivity contribution in [3.8, 4) is 0 Å². The Morgan fingerprint density at radius 2 is 1.94 bits per heavy atom. The molecule has 88 valence electrons. The molecule has 1 aromatic rings. The molecule has 0 fully saturated rings. The van der Waals surface area contributed by atoms with Crippen molar-refractivity contribution in [3.63, 3.8) is 0 Å². The zero-order valence-corrected chi connectivity index (χ0v) is 10.1. The van der Waals surface area contributed by atoms with Crippen LogP contribution in [-0.4, -0.2) is 36.2 Å². The Bertz CT molecular complexity index is 308. The minimum Gasteiger partial charge on any atom is -0.391 e. The van der Waals surface area contributed by atoms with Crippen LogP contribution in [0.25, 0.3) is 0 Å². The molecule has 1 rings (SSSR count). The van der Waals surface area contributed by atoms with Crippen LogP contribution in [-0.2, 0) is 6.42 Å². The van der Waals surface area contributed by atoms with Crippen molar-refractivity contribution < 1.29 is 5.11 Å². The Morgan fingerprint density at radius 1 is 1.31 bits per heavy atom. The lowest BCUT2D eigenvalue weighted by atomic mass is 9.98. The maximum Gasteiger partial charge on any atom is 0.0732 e. The summed E-state index contributed by atoms with van der Waals surface area (Å²) >= 11 is 0. The quantitative estimate of drug-likeness (QED) is 0.741. The molecular weight excluding hydrogens is 198 g/mol. The first kappa shape index (κ1) is 12.9. The van der Waals surface area contributed by atoms with Crippen LogP contribution in [0, 0.1) is 0 Å². The van der Waals surface area contributed by atoms with Gasteiger partial charge >= 0.3 is 0 Å². The Labute approximate surface area is 98.2 Å². The molecule has 1 N–H and O–H groups in total. The van der Waals surface area contributed by atoms with Gasteiger partial charge in [0.1, 0.15) is 0 Å². The van der Waals surface area contributed by atoms with E-state index in [-0.39, 0.29) is 12.1 Å². The lowest BCUT2D eigenvalue weighted by Gasteiger charge is -2.28. The van der Waals surface area contributed by atoms with Crippen LogP contribution in [0.15, 0.2) is 43.0 Å². The van der Waals surface area contributed by atoms with Gasteiger partial charge in [-0.2, -0.15) is 0 Å². The van der Waals surface area contributed by atoms with E-state index in [0.29, 0.717) is 6.42 Å². The topological polar surface area (TPSA) is 23.5 Å². The monoisotopic (exact) mass is 219 g/mol. The van der Waals surface area contributed by atoms with Crippen molar-refractivity contribution in [3.05, 3.63) is 48.6 Å². The second-order valence-corrected chi connectivity index (χ2v) is 4.31. The first-order valence-electron chi connectivity index (χ1n) is 5.64. The molecule has 0 aliphatic rings. The Balaban J connectivity index is 2.68.